The van der Waals surface area contributed by atoms with Crippen molar-refractivity contribution in [2.45, 2.75) is 0 Å². The molecule has 6 rings (SSSR count). The minimum atomic E-state index is 0.915. The fourth-order valence-corrected chi connectivity index (χ4v) is 4.20. The first kappa shape index (κ1) is 16.1. The van der Waals surface area contributed by atoms with Gasteiger partial charge in [0.1, 0.15) is 5.82 Å². The van der Waals surface area contributed by atoms with Gasteiger partial charge < -0.3 is 4.98 Å². The van der Waals surface area contributed by atoms with Crippen molar-refractivity contribution in [1.29, 1.82) is 0 Å². The molecule has 29 heavy (non-hydrogen) atoms. The Morgan fingerprint density at radius 3 is 1.93 bits per heavy atom. The molecule has 0 radical (unpaired) electrons. The van der Waals surface area contributed by atoms with Gasteiger partial charge in [0.2, 0.25) is 0 Å². The normalized spacial score (nSPS) is 11.4. The molecule has 0 fully saturated rings. The Balaban J connectivity index is 1.62. The van der Waals surface area contributed by atoms with Crippen LogP contribution in [0.4, 0.5) is 0 Å². The maximum Gasteiger partial charge on any atom is 0.139 e. The van der Waals surface area contributed by atoms with E-state index in [9.17, 15) is 0 Å². The lowest BCUT2D eigenvalue weighted by atomic mass is 9.96. The molecule has 6 aromatic rings. The topological polar surface area (TPSA) is 28.7 Å². The highest BCUT2D eigenvalue weighted by atomic mass is 14.9. The van der Waals surface area contributed by atoms with E-state index in [2.05, 4.69) is 102 Å². The number of H-pyrrole nitrogens is 1. The molecule has 0 aliphatic heterocycles. The highest BCUT2D eigenvalue weighted by Gasteiger charge is 2.13. The smallest absolute Gasteiger partial charge is 0.139 e. The molecule has 2 heteroatoms. The average Bonchev–Trinajstić information content (AvgIpc) is 3.21. The van der Waals surface area contributed by atoms with Crippen LogP contribution in [0.15, 0.2) is 103 Å². The molecule has 2 nitrogen and oxygen atoms in total. The van der Waals surface area contributed by atoms with Gasteiger partial charge in [0.15, 0.2) is 0 Å². The number of aromatic amines is 1. The van der Waals surface area contributed by atoms with Crippen LogP contribution in [0.1, 0.15) is 0 Å². The number of aromatic nitrogens is 2. The molecule has 0 atom stereocenters. The van der Waals surface area contributed by atoms with Crippen LogP contribution in [0, 0.1) is 0 Å². The fraction of sp³-hybridized carbons (Fsp3) is 0. The largest absolute Gasteiger partial charge is 0.338 e. The predicted molar refractivity (Wildman–Crippen MR) is 122 cm³/mol. The second-order valence-corrected chi connectivity index (χ2v) is 7.38. The SMILES string of the molecule is c1ccc(-c2ccc3[nH]c(-c4c5ccccc5cc5ccccc45)nc3c2)cc1. The van der Waals surface area contributed by atoms with Gasteiger partial charge in [-0.3, -0.25) is 0 Å². The summed E-state index contributed by atoms with van der Waals surface area (Å²) >= 11 is 0. The van der Waals surface area contributed by atoms with E-state index >= 15 is 0 Å². The number of nitrogens with one attached hydrogen (secondary N) is 1. The molecule has 0 unspecified atom stereocenters. The first-order valence-corrected chi connectivity index (χ1v) is 9.83. The van der Waals surface area contributed by atoms with Gasteiger partial charge in [-0.1, -0.05) is 84.9 Å². The second kappa shape index (κ2) is 6.32. The molecule has 136 valence electrons. The van der Waals surface area contributed by atoms with Gasteiger partial charge in [-0.15, -0.1) is 0 Å². The molecule has 0 bridgehead atoms. The lowest BCUT2D eigenvalue weighted by Gasteiger charge is -2.09. The van der Waals surface area contributed by atoms with E-state index in [1.807, 2.05) is 6.07 Å². The third-order valence-corrected chi connectivity index (χ3v) is 5.60. The van der Waals surface area contributed by atoms with Gasteiger partial charge in [-0.25, -0.2) is 4.98 Å². The van der Waals surface area contributed by atoms with Crippen LogP contribution in [0.2, 0.25) is 0 Å². The number of nitrogens with zero attached hydrogens (tertiary/aromatic N) is 1. The van der Waals surface area contributed by atoms with E-state index in [4.69, 9.17) is 4.98 Å². The highest BCUT2D eigenvalue weighted by molar-refractivity contribution is 6.12. The zero-order valence-corrected chi connectivity index (χ0v) is 15.8. The number of fused-ring (bicyclic) bond motifs is 3. The molecular weight excluding hydrogens is 352 g/mol. The van der Waals surface area contributed by atoms with Crippen molar-refractivity contribution in [1.82, 2.24) is 9.97 Å². The summed E-state index contributed by atoms with van der Waals surface area (Å²) in [4.78, 5) is 8.58. The molecule has 1 N–H and O–H groups in total. The van der Waals surface area contributed by atoms with E-state index in [1.54, 1.807) is 0 Å². The van der Waals surface area contributed by atoms with Crippen LogP contribution < -0.4 is 0 Å². The minimum Gasteiger partial charge on any atom is -0.338 e. The Morgan fingerprint density at radius 1 is 0.552 bits per heavy atom. The van der Waals surface area contributed by atoms with Gasteiger partial charge in [-0.2, -0.15) is 0 Å². The van der Waals surface area contributed by atoms with Gasteiger partial charge in [0, 0.05) is 5.56 Å². The van der Waals surface area contributed by atoms with Crippen LogP contribution in [0.25, 0.3) is 55.1 Å². The molecule has 0 saturated carbocycles. The van der Waals surface area contributed by atoms with Gasteiger partial charge in [0.25, 0.3) is 0 Å². The number of rotatable bonds is 2. The Labute approximate surface area is 168 Å². The Morgan fingerprint density at radius 2 is 1.21 bits per heavy atom. The average molecular weight is 370 g/mol. The zero-order valence-electron chi connectivity index (χ0n) is 15.8. The maximum atomic E-state index is 5.01. The van der Waals surface area contributed by atoms with Crippen LogP contribution in [0.5, 0.6) is 0 Å². The Hall–Kier alpha value is -3.91. The Bertz CT molecular complexity index is 1440. The summed E-state index contributed by atoms with van der Waals surface area (Å²) in [6.07, 6.45) is 0. The molecule has 1 heterocycles. The molecular formula is C27H18N2. The van der Waals surface area contributed by atoms with Crippen molar-refractivity contribution in [3.63, 3.8) is 0 Å². The molecule has 0 amide bonds. The van der Waals surface area contributed by atoms with Gasteiger partial charge >= 0.3 is 0 Å². The number of benzene rings is 5. The van der Waals surface area contributed by atoms with Crippen LogP contribution in [-0.2, 0) is 0 Å². The second-order valence-electron chi connectivity index (χ2n) is 7.38. The van der Waals surface area contributed by atoms with Crippen LogP contribution in [-0.4, -0.2) is 9.97 Å². The first-order chi connectivity index (χ1) is 14.4. The lowest BCUT2D eigenvalue weighted by molar-refractivity contribution is 1.35. The van der Waals surface area contributed by atoms with Crippen molar-refractivity contribution in [2.75, 3.05) is 0 Å². The monoisotopic (exact) mass is 370 g/mol. The summed E-state index contributed by atoms with van der Waals surface area (Å²) in [6.45, 7) is 0. The summed E-state index contributed by atoms with van der Waals surface area (Å²) in [5.41, 5.74) is 5.58. The highest BCUT2D eigenvalue weighted by Crippen LogP contribution is 2.36. The summed E-state index contributed by atoms with van der Waals surface area (Å²) < 4.78 is 0. The standard InChI is InChI=1S/C27H18N2/c1-2-8-18(9-3-1)19-14-15-24-25(17-19)29-27(28-24)26-22-12-6-4-10-20(22)16-21-11-5-7-13-23(21)26/h1-17H,(H,28,29). The predicted octanol–water partition coefficient (Wildman–Crippen LogP) is 7.20. The zero-order chi connectivity index (χ0) is 19.2. The molecule has 1 aromatic heterocycles. The first-order valence-electron chi connectivity index (χ1n) is 9.83. The molecule has 5 aromatic carbocycles. The molecule has 0 saturated heterocycles. The van der Waals surface area contributed by atoms with E-state index < -0.39 is 0 Å². The third kappa shape index (κ3) is 2.61. The van der Waals surface area contributed by atoms with E-state index in [0.29, 0.717) is 0 Å². The summed E-state index contributed by atoms with van der Waals surface area (Å²) in [7, 11) is 0. The van der Waals surface area contributed by atoms with E-state index in [0.717, 1.165) is 22.4 Å². The Kier molecular flexibility index (Phi) is 3.50. The third-order valence-electron chi connectivity index (χ3n) is 5.60. The van der Waals surface area contributed by atoms with Crippen molar-refractivity contribution in [2.24, 2.45) is 0 Å². The van der Waals surface area contributed by atoms with Crippen molar-refractivity contribution in [3.8, 4) is 22.5 Å². The van der Waals surface area contributed by atoms with Crippen molar-refractivity contribution in [3.05, 3.63) is 103 Å². The maximum absolute atomic E-state index is 5.01. The number of imidazole rings is 1. The van der Waals surface area contributed by atoms with E-state index in [-0.39, 0.29) is 0 Å². The summed E-state index contributed by atoms with van der Waals surface area (Å²) in [5.74, 6) is 0.915. The van der Waals surface area contributed by atoms with Gasteiger partial charge in [-0.05, 0) is 50.9 Å². The lowest BCUT2D eigenvalue weighted by Crippen LogP contribution is -1.87. The summed E-state index contributed by atoms with van der Waals surface area (Å²) in [6, 6.07) is 36.2. The molecule has 0 spiro atoms. The molecule has 0 aliphatic rings. The summed E-state index contributed by atoms with van der Waals surface area (Å²) in [5, 5.41) is 4.89. The molecule has 0 aliphatic carbocycles. The minimum absolute atomic E-state index is 0.915. The fourth-order valence-electron chi connectivity index (χ4n) is 4.20. The van der Waals surface area contributed by atoms with Crippen molar-refractivity contribution >= 4 is 32.6 Å². The van der Waals surface area contributed by atoms with E-state index in [1.165, 1.54) is 32.7 Å². The van der Waals surface area contributed by atoms with Crippen LogP contribution in [0.3, 0.4) is 0 Å². The number of hydrogen-bond donors (Lipinski definition) is 1. The van der Waals surface area contributed by atoms with Crippen molar-refractivity contribution < 1.29 is 0 Å². The quantitative estimate of drug-likeness (QED) is 0.321. The number of hydrogen-bond acceptors (Lipinski definition) is 1. The van der Waals surface area contributed by atoms with Gasteiger partial charge in [0.05, 0.1) is 11.0 Å². The van der Waals surface area contributed by atoms with Crippen LogP contribution >= 0.6 is 0 Å².